The van der Waals surface area contributed by atoms with Gasteiger partial charge in [-0.15, -0.1) is 0 Å². The Morgan fingerprint density at radius 3 is 2.23 bits per heavy atom. The van der Waals surface area contributed by atoms with Crippen LogP contribution in [0.25, 0.3) is 0 Å². The van der Waals surface area contributed by atoms with Crippen molar-refractivity contribution in [3.05, 3.63) is 0 Å². The molecule has 0 aliphatic carbocycles. The van der Waals surface area contributed by atoms with Gasteiger partial charge in [-0.3, -0.25) is 4.99 Å². The molecular weight excluding hydrogens is 155 g/mol. The SMILES string of the molecule is CCC(C)CC(N)=NC(C)CC.[H-].[Li+]. The quantitative estimate of drug-likeness (QED) is 0.350. The Morgan fingerprint density at radius 1 is 1.31 bits per heavy atom. The van der Waals surface area contributed by atoms with Crippen molar-refractivity contribution < 1.29 is 20.3 Å². The number of hydrogen-bond acceptors (Lipinski definition) is 1. The van der Waals surface area contributed by atoms with E-state index >= 15 is 0 Å². The zero-order chi connectivity index (χ0) is 9.56. The van der Waals surface area contributed by atoms with E-state index in [-0.39, 0.29) is 20.3 Å². The molecule has 0 heterocycles. The molecule has 2 atom stereocenters. The summed E-state index contributed by atoms with van der Waals surface area (Å²) < 4.78 is 0. The zero-order valence-corrected chi connectivity index (χ0v) is 9.80. The number of aliphatic imine (C=N–C) groups is 1. The maximum absolute atomic E-state index is 5.78. The number of hydrogen-bond donors (Lipinski definition) is 1. The summed E-state index contributed by atoms with van der Waals surface area (Å²) in [4.78, 5) is 4.38. The third-order valence-corrected chi connectivity index (χ3v) is 2.23. The molecule has 0 aromatic heterocycles. The molecule has 2 nitrogen and oxygen atoms in total. The molecule has 0 rings (SSSR count). The van der Waals surface area contributed by atoms with Crippen molar-refractivity contribution in [3.8, 4) is 0 Å². The molecule has 3 heteroatoms. The maximum atomic E-state index is 5.78. The predicted octanol–water partition coefficient (Wildman–Crippen LogP) is -0.305. The fraction of sp³-hybridized carbons (Fsp3) is 0.900. The van der Waals surface area contributed by atoms with Crippen LogP contribution in [0.1, 0.15) is 48.4 Å². The van der Waals surface area contributed by atoms with Gasteiger partial charge in [0.25, 0.3) is 0 Å². The average Bonchev–Trinajstić information content (AvgIpc) is 2.03. The second-order valence-corrected chi connectivity index (χ2v) is 3.60. The molecule has 0 saturated carbocycles. The average molecular weight is 178 g/mol. The van der Waals surface area contributed by atoms with Gasteiger partial charge in [-0.25, -0.2) is 0 Å². The summed E-state index contributed by atoms with van der Waals surface area (Å²) in [6.45, 7) is 8.62. The second-order valence-electron chi connectivity index (χ2n) is 3.60. The van der Waals surface area contributed by atoms with Crippen molar-refractivity contribution in [2.24, 2.45) is 16.6 Å². The second kappa shape index (κ2) is 8.66. The topological polar surface area (TPSA) is 38.4 Å². The number of nitrogens with two attached hydrogens (primary N) is 1. The number of nitrogens with zero attached hydrogens (tertiary/aromatic N) is 1. The van der Waals surface area contributed by atoms with Crippen molar-refractivity contribution in [2.45, 2.75) is 53.0 Å². The van der Waals surface area contributed by atoms with Crippen LogP contribution in [0.2, 0.25) is 0 Å². The van der Waals surface area contributed by atoms with Gasteiger partial charge in [-0.05, 0) is 19.3 Å². The summed E-state index contributed by atoms with van der Waals surface area (Å²) in [7, 11) is 0. The van der Waals surface area contributed by atoms with E-state index in [0.29, 0.717) is 12.0 Å². The molecule has 0 aliphatic heterocycles. The molecule has 2 N–H and O–H groups in total. The monoisotopic (exact) mass is 178 g/mol. The van der Waals surface area contributed by atoms with Gasteiger partial charge in [-0.2, -0.15) is 0 Å². The van der Waals surface area contributed by atoms with Crippen LogP contribution in [0.3, 0.4) is 0 Å². The molecule has 0 aromatic carbocycles. The van der Waals surface area contributed by atoms with Crippen molar-refractivity contribution in [2.75, 3.05) is 0 Å². The molecule has 0 aliphatic rings. The standard InChI is InChI=1S/C10H22N2.Li.H/c1-5-8(3)7-10(11)12-9(4)6-2;;/h8-9H,5-7H2,1-4H3,(H2,11,12);;/q;+1;-1. The predicted molar refractivity (Wildman–Crippen MR) is 56.6 cm³/mol. The summed E-state index contributed by atoms with van der Waals surface area (Å²) in [6.07, 6.45) is 3.19. The van der Waals surface area contributed by atoms with Gasteiger partial charge in [0.1, 0.15) is 0 Å². The summed E-state index contributed by atoms with van der Waals surface area (Å²) in [5, 5.41) is 0. The summed E-state index contributed by atoms with van der Waals surface area (Å²) in [6, 6.07) is 0.383. The minimum absolute atomic E-state index is 0. The fourth-order valence-corrected chi connectivity index (χ4v) is 0.928. The Hall–Kier alpha value is 0.0674. The Balaban J connectivity index is -0.000000605. The van der Waals surface area contributed by atoms with E-state index in [2.05, 4.69) is 32.7 Å². The fourth-order valence-electron chi connectivity index (χ4n) is 0.928. The Labute approximate surface area is 96.0 Å². The van der Waals surface area contributed by atoms with Crippen LogP contribution >= 0.6 is 0 Å². The largest absolute Gasteiger partial charge is 1.00 e. The van der Waals surface area contributed by atoms with Gasteiger partial charge in [0.2, 0.25) is 0 Å². The third-order valence-electron chi connectivity index (χ3n) is 2.23. The van der Waals surface area contributed by atoms with Gasteiger partial charge >= 0.3 is 18.9 Å². The van der Waals surface area contributed by atoms with Crippen LogP contribution in [0, 0.1) is 5.92 Å². The van der Waals surface area contributed by atoms with Crippen molar-refractivity contribution in [1.82, 2.24) is 0 Å². The molecule has 13 heavy (non-hydrogen) atoms. The molecule has 2 unspecified atom stereocenters. The molecule has 0 radical (unpaired) electrons. The molecule has 0 spiro atoms. The van der Waals surface area contributed by atoms with Crippen LogP contribution in [0.4, 0.5) is 0 Å². The van der Waals surface area contributed by atoms with Crippen molar-refractivity contribution >= 4 is 5.84 Å². The maximum Gasteiger partial charge on any atom is 1.00 e. The van der Waals surface area contributed by atoms with E-state index in [1.807, 2.05) is 0 Å². The molecule has 0 saturated heterocycles. The number of rotatable bonds is 5. The van der Waals surface area contributed by atoms with E-state index in [1.165, 1.54) is 6.42 Å². The van der Waals surface area contributed by atoms with E-state index in [4.69, 9.17) is 5.73 Å². The first-order valence-corrected chi connectivity index (χ1v) is 4.92. The van der Waals surface area contributed by atoms with Crippen LogP contribution in [0.5, 0.6) is 0 Å². The molecule has 0 amide bonds. The Bertz CT molecular complexity index is 151. The first kappa shape index (κ1) is 15.5. The van der Waals surface area contributed by atoms with E-state index in [1.54, 1.807) is 0 Å². The zero-order valence-electron chi connectivity index (χ0n) is 10.8. The summed E-state index contributed by atoms with van der Waals surface area (Å²) >= 11 is 0. The van der Waals surface area contributed by atoms with Gasteiger partial charge in [0.15, 0.2) is 0 Å². The van der Waals surface area contributed by atoms with Crippen LogP contribution in [-0.2, 0) is 0 Å². The summed E-state index contributed by atoms with van der Waals surface area (Å²) in [5.74, 6) is 1.48. The van der Waals surface area contributed by atoms with E-state index in [0.717, 1.165) is 18.7 Å². The minimum atomic E-state index is 0. The summed E-state index contributed by atoms with van der Waals surface area (Å²) in [5.41, 5.74) is 5.78. The van der Waals surface area contributed by atoms with Gasteiger partial charge in [0, 0.05) is 12.5 Å². The Kier molecular flexibility index (Phi) is 10.3. The normalized spacial score (nSPS) is 16.2. The van der Waals surface area contributed by atoms with E-state index < -0.39 is 0 Å². The van der Waals surface area contributed by atoms with Gasteiger partial charge in [-0.1, -0.05) is 27.2 Å². The molecular formula is C10H23LiN2. The first-order valence-electron chi connectivity index (χ1n) is 4.92. The Morgan fingerprint density at radius 2 is 1.85 bits per heavy atom. The number of amidine groups is 1. The van der Waals surface area contributed by atoms with Crippen LogP contribution in [-0.4, -0.2) is 11.9 Å². The smallest absolute Gasteiger partial charge is 1.00 e. The molecule has 74 valence electrons. The van der Waals surface area contributed by atoms with Crippen molar-refractivity contribution in [3.63, 3.8) is 0 Å². The van der Waals surface area contributed by atoms with E-state index in [9.17, 15) is 0 Å². The van der Waals surface area contributed by atoms with Gasteiger partial charge < -0.3 is 7.16 Å². The molecule has 0 bridgehead atoms. The third kappa shape index (κ3) is 8.40. The van der Waals surface area contributed by atoms with Crippen LogP contribution in [0.15, 0.2) is 4.99 Å². The molecule has 0 fully saturated rings. The van der Waals surface area contributed by atoms with Crippen LogP contribution < -0.4 is 24.6 Å². The minimum Gasteiger partial charge on any atom is -1.00 e. The van der Waals surface area contributed by atoms with Crippen molar-refractivity contribution in [1.29, 1.82) is 0 Å². The van der Waals surface area contributed by atoms with Gasteiger partial charge in [0.05, 0.1) is 5.84 Å². The molecule has 0 aromatic rings. The first-order chi connectivity index (χ1) is 5.60.